The number of nitrogens with one attached hydrogen (secondary N) is 1. The van der Waals surface area contributed by atoms with Crippen molar-refractivity contribution in [1.29, 1.82) is 0 Å². The molecule has 2 bridgehead atoms. The molecule has 0 spiro atoms. The highest BCUT2D eigenvalue weighted by Gasteiger charge is 2.42. The molecule has 22 heavy (non-hydrogen) atoms. The van der Waals surface area contributed by atoms with E-state index in [0.29, 0.717) is 17.7 Å². The van der Waals surface area contributed by atoms with Gasteiger partial charge >= 0.3 is 0 Å². The number of hydrogen-bond donors (Lipinski definition) is 1. The molecule has 0 saturated heterocycles. The second-order valence-electron chi connectivity index (χ2n) is 7.15. The van der Waals surface area contributed by atoms with Crippen molar-refractivity contribution in [3.63, 3.8) is 0 Å². The summed E-state index contributed by atoms with van der Waals surface area (Å²) in [5.74, 6) is 2.17. The van der Waals surface area contributed by atoms with Crippen molar-refractivity contribution in [3.05, 3.63) is 35.9 Å². The SMILES string of the molecule is CN(CCCNC(=O)C1CC2CCC1C2)Cc1ccccc1. The van der Waals surface area contributed by atoms with Crippen LogP contribution in [0.3, 0.4) is 0 Å². The molecule has 2 fully saturated rings. The molecule has 3 nitrogen and oxygen atoms in total. The summed E-state index contributed by atoms with van der Waals surface area (Å²) in [7, 11) is 2.14. The van der Waals surface area contributed by atoms with Gasteiger partial charge in [0.2, 0.25) is 5.91 Å². The summed E-state index contributed by atoms with van der Waals surface area (Å²) < 4.78 is 0. The molecule has 1 aromatic rings. The van der Waals surface area contributed by atoms with E-state index in [2.05, 4.69) is 47.6 Å². The summed E-state index contributed by atoms with van der Waals surface area (Å²) in [5, 5.41) is 3.16. The van der Waals surface area contributed by atoms with Gasteiger partial charge in [-0.3, -0.25) is 4.79 Å². The number of carbonyl (C=O) groups excluding carboxylic acids is 1. The summed E-state index contributed by atoms with van der Waals surface area (Å²) in [4.78, 5) is 14.6. The van der Waals surface area contributed by atoms with Crippen molar-refractivity contribution in [3.8, 4) is 0 Å². The lowest BCUT2D eigenvalue weighted by Crippen LogP contribution is -2.35. The van der Waals surface area contributed by atoms with Crippen LogP contribution in [-0.2, 0) is 11.3 Å². The van der Waals surface area contributed by atoms with Crippen LogP contribution in [0.2, 0.25) is 0 Å². The van der Waals surface area contributed by atoms with Gasteiger partial charge in [0.15, 0.2) is 0 Å². The second kappa shape index (κ2) is 7.28. The lowest BCUT2D eigenvalue weighted by atomic mass is 9.88. The fraction of sp³-hybridized carbons (Fsp3) is 0.632. The molecule has 0 heterocycles. The van der Waals surface area contributed by atoms with Crippen molar-refractivity contribution < 1.29 is 4.79 Å². The molecule has 120 valence electrons. The molecule has 2 aliphatic rings. The first kappa shape index (κ1) is 15.5. The molecule has 0 aliphatic heterocycles. The minimum Gasteiger partial charge on any atom is -0.356 e. The Labute approximate surface area is 134 Å². The van der Waals surface area contributed by atoms with Crippen LogP contribution in [0.5, 0.6) is 0 Å². The predicted octanol–water partition coefficient (Wildman–Crippen LogP) is 3.06. The third-order valence-corrected chi connectivity index (χ3v) is 5.39. The van der Waals surface area contributed by atoms with Gasteiger partial charge in [0.25, 0.3) is 0 Å². The van der Waals surface area contributed by atoms with Crippen LogP contribution >= 0.6 is 0 Å². The maximum absolute atomic E-state index is 12.2. The molecule has 3 unspecified atom stereocenters. The zero-order valence-electron chi connectivity index (χ0n) is 13.6. The van der Waals surface area contributed by atoms with Gasteiger partial charge in [-0.25, -0.2) is 0 Å². The normalized spacial score (nSPS) is 26.5. The minimum atomic E-state index is 0.318. The molecule has 0 aromatic heterocycles. The highest BCUT2D eigenvalue weighted by Crippen LogP contribution is 2.48. The number of nitrogens with zero attached hydrogens (tertiary/aromatic N) is 1. The molecule has 1 aromatic carbocycles. The van der Waals surface area contributed by atoms with Crippen LogP contribution in [-0.4, -0.2) is 30.9 Å². The maximum Gasteiger partial charge on any atom is 0.223 e. The quantitative estimate of drug-likeness (QED) is 0.785. The van der Waals surface area contributed by atoms with Crippen LogP contribution in [0.4, 0.5) is 0 Å². The van der Waals surface area contributed by atoms with Crippen molar-refractivity contribution in [2.75, 3.05) is 20.1 Å². The molecular formula is C19H28N2O. The van der Waals surface area contributed by atoms with E-state index in [1.54, 1.807) is 0 Å². The summed E-state index contributed by atoms with van der Waals surface area (Å²) in [6.07, 6.45) is 6.11. The van der Waals surface area contributed by atoms with Gasteiger partial charge < -0.3 is 10.2 Å². The van der Waals surface area contributed by atoms with E-state index >= 15 is 0 Å². The Bertz CT molecular complexity index is 487. The zero-order chi connectivity index (χ0) is 15.4. The van der Waals surface area contributed by atoms with Gasteiger partial charge in [0.05, 0.1) is 0 Å². The van der Waals surface area contributed by atoms with E-state index in [1.165, 1.54) is 24.8 Å². The average molecular weight is 300 g/mol. The smallest absolute Gasteiger partial charge is 0.223 e. The van der Waals surface area contributed by atoms with E-state index in [4.69, 9.17) is 0 Å². The minimum absolute atomic E-state index is 0.318. The Balaban J connectivity index is 1.31. The maximum atomic E-state index is 12.2. The van der Waals surface area contributed by atoms with E-state index in [0.717, 1.165) is 38.4 Å². The third kappa shape index (κ3) is 3.89. The first-order valence-electron chi connectivity index (χ1n) is 8.72. The van der Waals surface area contributed by atoms with E-state index in [9.17, 15) is 4.79 Å². The van der Waals surface area contributed by atoms with Gasteiger partial charge in [0, 0.05) is 19.0 Å². The zero-order valence-corrected chi connectivity index (χ0v) is 13.6. The Kier molecular flexibility index (Phi) is 5.14. The first-order chi connectivity index (χ1) is 10.7. The van der Waals surface area contributed by atoms with Gasteiger partial charge in [-0.05, 0) is 56.7 Å². The van der Waals surface area contributed by atoms with E-state index in [-0.39, 0.29) is 0 Å². The summed E-state index contributed by atoms with van der Waals surface area (Å²) >= 11 is 0. The Morgan fingerprint density at radius 1 is 1.23 bits per heavy atom. The number of amides is 1. The number of fused-ring (bicyclic) bond motifs is 2. The molecule has 2 aliphatic carbocycles. The monoisotopic (exact) mass is 300 g/mol. The van der Waals surface area contributed by atoms with Crippen molar-refractivity contribution >= 4 is 5.91 Å². The van der Waals surface area contributed by atoms with Crippen LogP contribution in [0.1, 0.15) is 37.7 Å². The summed E-state index contributed by atoms with van der Waals surface area (Å²) in [6.45, 7) is 2.80. The Morgan fingerprint density at radius 2 is 2.05 bits per heavy atom. The fourth-order valence-corrected chi connectivity index (χ4v) is 4.23. The molecule has 1 N–H and O–H groups in total. The molecule has 2 saturated carbocycles. The molecule has 3 heteroatoms. The Hall–Kier alpha value is -1.35. The standard InChI is InChI=1S/C19H28N2O/c1-21(14-15-6-3-2-4-7-15)11-5-10-20-19(22)18-13-16-8-9-17(18)12-16/h2-4,6-7,16-18H,5,8-14H2,1H3,(H,20,22). The molecule has 0 radical (unpaired) electrons. The van der Waals surface area contributed by atoms with Gasteiger partial charge in [0.1, 0.15) is 0 Å². The predicted molar refractivity (Wildman–Crippen MR) is 89.3 cm³/mol. The van der Waals surface area contributed by atoms with Crippen LogP contribution in [0.25, 0.3) is 0 Å². The lowest BCUT2D eigenvalue weighted by Gasteiger charge is -2.21. The molecule has 3 atom stereocenters. The van der Waals surface area contributed by atoms with Gasteiger partial charge in [-0.15, -0.1) is 0 Å². The average Bonchev–Trinajstić information content (AvgIpc) is 3.15. The summed E-state index contributed by atoms with van der Waals surface area (Å²) in [5.41, 5.74) is 1.34. The van der Waals surface area contributed by atoms with E-state index in [1.807, 2.05) is 0 Å². The largest absolute Gasteiger partial charge is 0.356 e. The highest BCUT2D eigenvalue weighted by molar-refractivity contribution is 5.79. The fourth-order valence-electron chi connectivity index (χ4n) is 4.23. The number of hydrogen-bond acceptors (Lipinski definition) is 2. The van der Waals surface area contributed by atoms with Gasteiger partial charge in [-0.2, -0.15) is 0 Å². The first-order valence-corrected chi connectivity index (χ1v) is 8.72. The van der Waals surface area contributed by atoms with Crippen molar-refractivity contribution in [1.82, 2.24) is 10.2 Å². The number of carbonyl (C=O) groups is 1. The summed E-state index contributed by atoms with van der Waals surface area (Å²) in [6, 6.07) is 10.5. The van der Waals surface area contributed by atoms with Gasteiger partial charge in [-0.1, -0.05) is 36.8 Å². The van der Waals surface area contributed by atoms with Crippen LogP contribution in [0.15, 0.2) is 30.3 Å². The molecule has 1 amide bonds. The van der Waals surface area contributed by atoms with Crippen LogP contribution < -0.4 is 5.32 Å². The number of rotatable bonds is 7. The second-order valence-corrected chi connectivity index (χ2v) is 7.15. The molecule has 3 rings (SSSR count). The van der Waals surface area contributed by atoms with Crippen molar-refractivity contribution in [2.24, 2.45) is 17.8 Å². The lowest BCUT2D eigenvalue weighted by molar-refractivity contribution is -0.126. The topological polar surface area (TPSA) is 32.3 Å². The number of benzene rings is 1. The molecular weight excluding hydrogens is 272 g/mol. The van der Waals surface area contributed by atoms with E-state index < -0.39 is 0 Å². The third-order valence-electron chi connectivity index (χ3n) is 5.39. The highest BCUT2D eigenvalue weighted by atomic mass is 16.1. The Morgan fingerprint density at radius 3 is 2.73 bits per heavy atom. The van der Waals surface area contributed by atoms with Crippen LogP contribution in [0, 0.1) is 17.8 Å². The van der Waals surface area contributed by atoms with Crippen molar-refractivity contribution in [2.45, 2.75) is 38.6 Å².